The fraction of sp³-hybridized carbons (Fsp3) is 0.357. The van der Waals surface area contributed by atoms with Crippen molar-refractivity contribution in [3.05, 3.63) is 51.3 Å². The summed E-state index contributed by atoms with van der Waals surface area (Å²) in [5.41, 5.74) is 9.58. The quantitative estimate of drug-likeness (QED) is 0.684. The van der Waals surface area contributed by atoms with Crippen LogP contribution >= 0.6 is 0 Å². The minimum atomic E-state index is -0.405. The number of rotatable bonds is 4. The largest absolute Gasteiger partial charge is 0.328 e. The Morgan fingerprint density at radius 2 is 2.15 bits per heavy atom. The molecule has 1 aromatic heterocycles. The topological polar surface area (TPSA) is 87.0 Å². The zero-order valence-electron chi connectivity index (χ0n) is 11.8. The minimum absolute atomic E-state index is 0.0511. The number of nitrogens with two attached hydrogens (primary N) is 1. The molecule has 2 rings (SSSR count). The lowest BCUT2D eigenvalue weighted by Gasteiger charge is -2.07. The number of nitrogens with zero attached hydrogens (tertiary/aromatic N) is 3. The number of aryl methyl sites for hydroxylation is 1. The first-order valence-corrected chi connectivity index (χ1v) is 6.45. The Balaban J connectivity index is 2.48. The highest BCUT2D eigenvalue weighted by atomic mass is 16.6. The summed E-state index contributed by atoms with van der Waals surface area (Å²) in [6, 6.07) is 6.51. The van der Waals surface area contributed by atoms with Crippen molar-refractivity contribution in [3.8, 4) is 5.69 Å². The van der Waals surface area contributed by atoms with Crippen LogP contribution in [0, 0.1) is 24.0 Å². The van der Waals surface area contributed by atoms with Crippen molar-refractivity contribution in [2.24, 2.45) is 5.73 Å². The Labute approximate surface area is 117 Å². The van der Waals surface area contributed by atoms with Crippen molar-refractivity contribution >= 4 is 5.69 Å². The number of nitro benzene ring substituents is 1. The van der Waals surface area contributed by atoms with E-state index in [1.807, 2.05) is 26.8 Å². The van der Waals surface area contributed by atoms with Crippen LogP contribution in [0.25, 0.3) is 5.69 Å². The maximum Gasteiger partial charge on any atom is 0.271 e. The minimum Gasteiger partial charge on any atom is -0.328 e. The summed E-state index contributed by atoms with van der Waals surface area (Å²) >= 11 is 0. The van der Waals surface area contributed by atoms with Gasteiger partial charge in [0.25, 0.3) is 5.69 Å². The van der Waals surface area contributed by atoms with Crippen LogP contribution in [-0.2, 0) is 6.42 Å². The predicted octanol–water partition coefficient (Wildman–Crippen LogP) is 2.29. The van der Waals surface area contributed by atoms with Crippen LogP contribution in [0.2, 0.25) is 0 Å². The molecule has 1 atom stereocenters. The van der Waals surface area contributed by atoms with Gasteiger partial charge in [-0.2, -0.15) is 5.10 Å². The Kier molecular flexibility index (Phi) is 3.85. The maximum atomic E-state index is 10.8. The first kappa shape index (κ1) is 14.2. The number of hydrogen-bond acceptors (Lipinski definition) is 4. The Morgan fingerprint density at radius 3 is 2.75 bits per heavy atom. The lowest BCUT2D eigenvalue weighted by atomic mass is 10.1. The Bertz CT molecular complexity index is 647. The summed E-state index contributed by atoms with van der Waals surface area (Å²) in [4.78, 5) is 10.4. The summed E-state index contributed by atoms with van der Waals surface area (Å²) in [5, 5.41) is 15.3. The molecule has 0 aliphatic rings. The molecule has 1 aromatic carbocycles. The molecule has 6 heteroatoms. The van der Waals surface area contributed by atoms with Gasteiger partial charge in [0, 0.05) is 23.9 Å². The molecule has 1 heterocycles. The van der Waals surface area contributed by atoms with Gasteiger partial charge in [-0.25, -0.2) is 4.68 Å². The normalized spacial score (nSPS) is 12.4. The van der Waals surface area contributed by atoms with Crippen LogP contribution in [0.3, 0.4) is 0 Å². The van der Waals surface area contributed by atoms with Gasteiger partial charge >= 0.3 is 0 Å². The van der Waals surface area contributed by atoms with E-state index in [0.717, 1.165) is 23.4 Å². The summed E-state index contributed by atoms with van der Waals surface area (Å²) in [6.07, 6.45) is 0.743. The van der Waals surface area contributed by atoms with Crippen molar-refractivity contribution in [1.82, 2.24) is 9.78 Å². The van der Waals surface area contributed by atoms with Crippen LogP contribution in [0.5, 0.6) is 0 Å². The standard InChI is InChI=1S/C14H18N4O2/c1-9(15)7-14-10(2)16-17(11(14)3)12-5-4-6-13(8-12)18(19)20/h4-6,8-9H,7,15H2,1-3H3. The van der Waals surface area contributed by atoms with Crippen molar-refractivity contribution in [2.45, 2.75) is 33.2 Å². The molecule has 0 saturated carbocycles. The van der Waals surface area contributed by atoms with Gasteiger partial charge in [-0.1, -0.05) is 6.07 Å². The van der Waals surface area contributed by atoms with E-state index in [0.29, 0.717) is 5.69 Å². The third kappa shape index (κ3) is 2.70. The number of benzene rings is 1. The molecule has 1 unspecified atom stereocenters. The Morgan fingerprint density at radius 1 is 1.45 bits per heavy atom. The third-order valence-corrected chi connectivity index (χ3v) is 3.25. The van der Waals surface area contributed by atoms with E-state index in [-0.39, 0.29) is 11.7 Å². The molecule has 6 nitrogen and oxygen atoms in total. The molecule has 0 aliphatic carbocycles. The van der Waals surface area contributed by atoms with Crippen molar-refractivity contribution in [3.63, 3.8) is 0 Å². The van der Waals surface area contributed by atoms with Crippen molar-refractivity contribution in [1.29, 1.82) is 0 Å². The third-order valence-electron chi connectivity index (χ3n) is 3.25. The van der Waals surface area contributed by atoms with Crippen LogP contribution in [0.1, 0.15) is 23.9 Å². The molecule has 0 bridgehead atoms. The molecule has 0 fully saturated rings. The van der Waals surface area contributed by atoms with Gasteiger partial charge in [0.1, 0.15) is 0 Å². The van der Waals surface area contributed by atoms with E-state index >= 15 is 0 Å². The van der Waals surface area contributed by atoms with Crippen molar-refractivity contribution < 1.29 is 4.92 Å². The van der Waals surface area contributed by atoms with E-state index in [1.165, 1.54) is 12.1 Å². The predicted molar refractivity (Wildman–Crippen MR) is 77.0 cm³/mol. The monoisotopic (exact) mass is 274 g/mol. The Hall–Kier alpha value is -2.21. The highest BCUT2D eigenvalue weighted by Crippen LogP contribution is 2.22. The lowest BCUT2D eigenvalue weighted by Crippen LogP contribution is -2.18. The van der Waals surface area contributed by atoms with Crippen LogP contribution in [0.4, 0.5) is 5.69 Å². The molecule has 0 amide bonds. The molecule has 2 N–H and O–H groups in total. The smallest absolute Gasteiger partial charge is 0.271 e. The van der Waals surface area contributed by atoms with Gasteiger partial charge in [-0.3, -0.25) is 10.1 Å². The van der Waals surface area contributed by atoms with Gasteiger partial charge in [0.15, 0.2) is 0 Å². The lowest BCUT2D eigenvalue weighted by molar-refractivity contribution is -0.384. The maximum absolute atomic E-state index is 10.8. The highest BCUT2D eigenvalue weighted by molar-refractivity contribution is 5.45. The fourth-order valence-corrected chi connectivity index (χ4v) is 2.28. The molecule has 0 aliphatic heterocycles. The van der Waals surface area contributed by atoms with E-state index in [9.17, 15) is 10.1 Å². The first-order chi connectivity index (χ1) is 9.40. The number of hydrogen-bond donors (Lipinski definition) is 1. The van der Waals surface area contributed by atoms with E-state index in [4.69, 9.17) is 5.73 Å². The van der Waals surface area contributed by atoms with Crippen LogP contribution in [-0.4, -0.2) is 20.7 Å². The molecular formula is C14H18N4O2. The second-order valence-corrected chi connectivity index (χ2v) is 5.02. The first-order valence-electron chi connectivity index (χ1n) is 6.45. The van der Waals surface area contributed by atoms with Crippen LogP contribution < -0.4 is 5.73 Å². The molecule has 0 spiro atoms. The molecule has 20 heavy (non-hydrogen) atoms. The van der Waals surface area contributed by atoms with Gasteiger partial charge in [-0.15, -0.1) is 0 Å². The summed E-state index contributed by atoms with van der Waals surface area (Å²) < 4.78 is 1.74. The fourth-order valence-electron chi connectivity index (χ4n) is 2.28. The zero-order chi connectivity index (χ0) is 14.9. The average Bonchev–Trinajstić information content (AvgIpc) is 2.66. The molecule has 106 valence electrons. The average molecular weight is 274 g/mol. The van der Waals surface area contributed by atoms with Gasteiger partial charge in [0.2, 0.25) is 0 Å². The number of nitro groups is 1. The summed E-state index contributed by atoms with van der Waals surface area (Å²) in [5.74, 6) is 0. The van der Waals surface area contributed by atoms with E-state index < -0.39 is 4.92 Å². The van der Waals surface area contributed by atoms with Crippen molar-refractivity contribution in [2.75, 3.05) is 0 Å². The summed E-state index contributed by atoms with van der Waals surface area (Å²) in [7, 11) is 0. The van der Waals surface area contributed by atoms with E-state index in [2.05, 4.69) is 5.10 Å². The second kappa shape index (κ2) is 5.42. The van der Waals surface area contributed by atoms with Gasteiger partial charge in [0.05, 0.1) is 16.3 Å². The number of non-ortho nitro benzene ring substituents is 1. The molecule has 0 radical (unpaired) electrons. The zero-order valence-corrected chi connectivity index (χ0v) is 11.8. The molecule has 2 aromatic rings. The SMILES string of the molecule is Cc1nn(-c2cccc([N+](=O)[O-])c2)c(C)c1CC(C)N. The molecular weight excluding hydrogens is 256 g/mol. The number of aromatic nitrogens is 2. The van der Waals surface area contributed by atoms with Crippen LogP contribution in [0.15, 0.2) is 24.3 Å². The molecule has 0 saturated heterocycles. The highest BCUT2D eigenvalue weighted by Gasteiger charge is 2.15. The second-order valence-electron chi connectivity index (χ2n) is 5.02. The summed E-state index contributed by atoms with van der Waals surface area (Å²) in [6.45, 7) is 5.83. The van der Waals surface area contributed by atoms with E-state index in [1.54, 1.807) is 10.7 Å². The van der Waals surface area contributed by atoms with Gasteiger partial charge in [-0.05, 0) is 38.8 Å². The van der Waals surface area contributed by atoms with Gasteiger partial charge < -0.3 is 5.73 Å².